The smallest absolute Gasteiger partial charge is 0.243 e. The summed E-state index contributed by atoms with van der Waals surface area (Å²) < 4.78 is 29.8. The molecule has 0 radical (unpaired) electrons. The molecule has 1 aromatic heterocycles. The number of sulfonamides is 1. The molecule has 2 aromatic rings. The van der Waals surface area contributed by atoms with Crippen LogP contribution in [0.15, 0.2) is 28.3 Å². The standard InChI is InChI=1S/C21H28ClN5O3S2/c22-17-10-9-16(32(29,30)26-11-5-1-2-6-12-26)14-18(17)23-20(28)15-31-21-25-24-19-8-4-3-7-13-27(19)21/h9-10,14H,1-8,11-13,15H2,(H,23,28). The number of halogens is 1. The second kappa shape index (κ2) is 10.5. The topological polar surface area (TPSA) is 97.2 Å². The summed E-state index contributed by atoms with van der Waals surface area (Å²) in [6.07, 6.45) is 8.08. The molecule has 1 aromatic carbocycles. The molecule has 2 aliphatic rings. The quantitative estimate of drug-likeness (QED) is 0.607. The lowest BCUT2D eigenvalue weighted by molar-refractivity contribution is -0.113. The Bertz CT molecular complexity index is 1070. The molecule has 11 heteroatoms. The van der Waals surface area contributed by atoms with Crippen LogP contribution in [0.3, 0.4) is 0 Å². The van der Waals surface area contributed by atoms with Gasteiger partial charge in [-0.1, -0.05) is 42.6 Å². The van der Waals surface area contributed by atoms with E-state index < -0.39 is 10.0 Å². The first-order chi connectivity index (χ1) is 15.4. The number of hydrogen-bond donors (Lipinski definition) is 1. The number of rotatable bonds is 6. The van der Waals surface area contributed by atoms with Crippen LogP contribution in [0.1, 0.15) is 50.8 Å². The van der Waals surface area contributed by atoms with Gasteiger partial charge < -0.3 is 9.88 Å². The minimum atomic E-state index is -3.63. The Morgan fingerprint density at radius 3 is 2.53 bits per heavy atom. The Hall–Kier alpha value is -1.62. The molecule has 32 heavy (non-hydrogen) atoms. The second-order valence-electron chi connectivity index (χ2n) is 8.16. The van der Waals surface area contributed by atoms with E-state index in [1.807, 2.05) is 0 Å². The molecular weight excluding hydrogens is 470 g/mol. The van der Waals surface area contributed by atoms with Gasteiger partial charge in [-0.15, -0.1) is 10.2 Å². The predicted octanol–water partition coefficient (Wildman–Crippen LogP) is 3.95. The predicted molar refractivity (Wildman–Crippen MR) is 126 cm³/mol. The zero-order chi connectivity index (χ0) is 22.6. The molecule has 174 valence electrons. The van der Waals surface area contributed by atoms with Crippen LogP contribution in [0.5, 0.6) is 0 Å². The number of fused-ring (bicyclic) bond motifs is 1. The molecule has 1 saturated heterocycles. The Kier molecular flexibility index (Phi) is 7.75. The van der Waals surface area contributed by atoms with E-state index in [2.05, 4.69) is 20.1 Å². The average molecular weight is 498 g/mol. The van der Waals surface area contributed by atoms with Crippen LogP contribution in [0.25, 0.3) is 0 Å². The Balaban J connectivity index is 1.43. The number of nitrogens with zero attached hydrogens (tertiary/aromatic N) is 4. The molecule has 0 unspecified atom stereocenters. The van der Waals surface area contributed by atoms with Crippen LogP contribution in [-0.4, -0.2) is 52.2 Å². The van der Waals surface area contributed by atoms with Gasteiger partial charge in [0.05, 0.1) is 21.4 Å². The molecule has 1 amide bonds. The molecule has 0 saturated carbocycles. The lowest BCUT2D eigenvalue weighted by atomic mass is 10.2. The van der Waals surface area contributed by atoms with Crippen LogP contribution in [0.2, 0.25) is 5.02 Å². The molecule has 4 rings (SSSR count). The lowest BCUT2D eigenvalue weighted by Crippen LogP contribution is -2.32. The molecule has 1 fully saturated rings. The fraction of sp³-hybridized carbons (Fsp3) is 0.571. The van der Waals surface area contributed by atoms with E-state index in [0.29, 0.717) is 23.8 Å². The van der Waals surface area contributed by atoms with Gasteiger partial charge in [0.15, 0.2) is 5.16 Å². The van der Waals surface area contributed by atoms with Gasteiger partial charge in [-0.3, -0.25) is 4.79 Å². The van der Waals surface area contributed by atoms with Gasteiger partial charge >= 0.3 is 0 Å². The third-order valence-corrected chi connectivity index (χ3v) is 9.01. The summed E-state index contributed by atoms with van der Waals surface area (Å²) in [7, 11) is -3.63. The van der Waals surface area contributed by atoms with Crippen molar-refractivity contribution in [3.8, 4) is 0 Å². The molecule has 0 bridgehead atoms. The largest absolute Gasteiger partial charge is 0.324 e. The summed E-state index contributed by atoms with van der Waals surface area (Å²) in [5.41, 5.74) is 0.299. The zero-order valence-electron chi connectivity index (χ0n) is 17.9. The van der Waals surface area contributed by atoms with Gasteiger partial charge in [0, 0.05) is 26.1 Å². The fourth-order valence-electron chi connectivity index (χ4n) is 4.07. The molecule has 2 aliphatic heterocycles. The van der Waals surface area contributed by atoms with Crippen LogP contribution < -0.4 is 5.32 Å². The number of benzene rings is 1. The van der Waals surface area contributed by atoms with E-state index >= 15 is 0 Å². The Labute approximate surface area is 198 Å². The summed E-state index contributed by atoms with van der Waals surface area (Å²) in [6, 6.07) is 4.47. The summed E-state index contributed by atoms with van der Waals surface area (Å²) in [5.74, 6) is 0.837. The number of amides is 1. The van der Waals surface area contributed by atoms with Gasteiger partial charge in [-0.05, 0) is 43.9 Å². The third kappa shape index (κ3) is 5.47. The first-order valence-corrected chi connectivity index (χ1v) is 13.9. The van der Waals surface area contributed by atoms with Crippen molar-refractivity contribution in [2.45, 2.75) is 68.0 Å². The van der Waals surface area contributed by atoms with Gasteiger partial charge in [-0.2, -0.15) is 4.31 Å². The Morgan fingerprint density at radius 1 is 1.03 bits per heavy atom. The minimum Gasteiger partial charge on any atom is -0.324 e. The van der Waals surface area contributed by atoms with Crippen LogP contribution >= 0.6 is 23.4 Å². The van der Waals surface area contributed by atoms with Gasteiger partial charge in [-0.25, -0.2) is 8.42 Å². The minimum absolute atomic E-state index is 0.136. The van der Waals surface area contributed by atoms with Gasteiger partial charge in [0.1, 0.15) is 5.82 Å². The molecule has 1 N–H and O–H groups in total. The second-order valence-corrected chi connectivity index (χ2v) is 11.4. The van der Waals surface area contributed by atoms with Crippen LogP contribution in [0, 0.1) is 0 Å². The lowest BCUT2D eigenvalue weighted by Gasteiger charge is -2.20. The highest BCUT2D eigenvalue weighted by atomic mass is 35.5. The number of aryl methyl sites for hydroxylation is 1. The molecule has 0 atom stereocenters. The number of nitrogens with one attached hydrogen (secondary N) is 1. The molecular formula is C21H28ClN5O3S2. The maximum atomic E-state index is 13.1. The molecule has 3 heterocycles. The summed E-state index contributed by atoms with van der Waals surface area (Å²) in [6.45, 7) is 1.91. The molecule has 8 nitrogen and oxygen atoms in total. The number of hydrogen-bond acceptors (Lipinski definition) is 6. The van der Waals surface area contributed by atoms with E-state index in [0.717, 1.165) is 62.5 Å². The summed E-state index contributed by atoms with van der Waals surface area (Å²) >= 11 is 7.59. The van der Waals surface area contributed by atoms with Crippen molar-refractivity contribution in [2.75, 3.05) is 24.2 Å². The van der Waals surface area contributed by atoms with Crippen molar-refractivity contribution in [1.82, 2.24) is 19.1 Å². The van der Waals surface area contributed by atoms with Crippen molar-refractivity contribution in [3.63, 3.8) is 0 Å². The van der Waals surface area contributed by atoms with E-state index in [1.165, 1.54) is 40.7 Å². The maximum absolute atomic E-state index is 13.1. The van der Waals surface area contributed by atoms with Crippen LogP contribution in [-0.2, 0) is 27.8 Å². The Morgan fingerprint density at radius 2 is 1.75 bits per heavy atom. The highest BCUT2D eigenvalue weighted by Crippen LogP contribution is 2.29. The average Bonchev–Trinajstić information content (AvgIpc) is 2.99. The number of carbonyl (C=O) groups excluding carboxylic acids is 1. The number of aromatic nitrogens is 3. The van der Waals surface area contributed by atoms with Gasteiger partial charge in [0.25, 0.3) is 0 Å². The first-order valence-electron chi connectivity index (χ1n) is 11.1. The van der Waals surface area contributed by atoms with Gasteiger partial charge in [0.2, 0.25) is 15.9 Å². The maximum Gasteiger partial charge on any atom is 0.243 e. The van der Waals surface area contributed by atoms with E-state index in [-0.39, 0.29) is 16.6 Å². The van der Waals surface area contributed by atoms with E-state index in [4.69, 9.17) is 11.6 Å². The SMILES string of the molecule is O=C(CSc1nnc2n1CCCCC2)Nc1cc(S(=O)(=O)N2CCCCCC2)ccc1Cl. The number of carbonyl (C=O) groups is 1. The van der Waals surface area contributed by atoms with E-state index in [1.54, 1.807) is 0 Å². The first kappa shape index (κ1) is 23.5. The zero-order valence-corrected chi connectivity index (χ0v) is 20.3. The summed E-state index contributed by atoms with van der Waals surface area (Å²) in [4.78, 5) is 12.7. The normalized spacial score (nSPS) is 17.9. The summed E-state index contributed by atoms with van der Waals surface area (Å²) in [5, 5.41) is 12.3. The van der Waals surface area contributed by atoms with Crippen molar-refractivity contribution < 1.29 is 13.2 Å². The van der Waals surface area contributed by atoms with Crippen molar-refractivity contribution >= 4 is 45.0 Å². The van der Waals surface area contributed by atoms with E-state index in [9.17, 15) is 13.2 Å². The third-order valence-electron chi connectivity index (χ3n) is 5.82. The molecule has 0 spiro atoms. The monoisotopic (exact) mass is 497 g/mol. The van der Waals surface area contributed by atoms with Crippen molar-refractivity contribution in [3.05, 3.63) is 29.0 Å². The number of thioether (sulfide) groups is 1. The highest BCUT2D eigenvalue weighted by Gasteiger charge is 2.26. The highest BCUT2D eigenvalue weighted by molar-refractivity contribution is 7.99. The van der Waals surface area contributed by atoms with Crippen LogP contribution in [0.4, 0.5) is 5.69 Å². The molecule has 0 aliphatic carbocycles. The fourth-order valence-corrected chi connectivity index (χ4v) is 6.57. The van der Waals surface area contributed by atoms with Crippen molar-refractivity contribution in [2.24, 2.45) is 0 Å². The van der Waals surface area contributed by atoms with Crippen molar-refractivity contribution in [1.29, 1.82) is 0 Å². The number of anilines is 1.